The summed E-state index contributed by atoms with van der Waals surface area (Å²) < 4.78 is 12.5. The number of amides is 1. The summed E-state index contributed by atoms with van der Waals surface area (Å²) in [5.41, 5.74) is 0.985. The van der Waals surface area contributed by atoms with Crippen LogP contribution in [0, 0.1) is 0 Å². The maximum Gasteiger partial charge on any atom is 0.233 e. The third-order valence-corrected chi connectivity index (χ3v) is 5.52. The number of aromatic nitrogens is 3. The Hall–Kier alpha value is -2.42. The van der Waals surface area contributed by atoms with Crippen LogP contribution in [0.15, 0.2) is 23.4 Å². The predicted molar refractivity (Wildman–Crippen MR) is 108 cm³/mol. The predicted octanol–water partition coefficient (Wildman–Crippen LogP) is 2.42. The summed E-state index contributed by atoms with van der Waals surface area (Å²) in [5.74, 6) is 8.94. The molecule has 0 aliphatic heterocycles. The molecule has 0 radical (unpaired) electrons. The van der Waals surface area contributed by atoms with Crippen LogP contribution >= 0.6 is 11.8 Å². The molecule has 0 spiro atoms. The second kappa shape index (κ2) is 9.18. The van der Waals surface area contributed by atoms with E-state index in [0.29, 0.717) is 42.3 Å². The molecule has 1 aromatic carbocycles. The van der Waals surface area contributed by atoms with Crippen molar-refractivity contribution in [3.05, 3.63) is 29.6 Å². The highest BCUT2D eigenvalue weighted by Crippen LogP contribution is 2.39. The van der Waals surface area contributed by atoms with Gasteiger partial charge in [-0.15, -0.1) is 10.2 Å². The molecule has 152 valence electrons. The Bertz CT molecular complexity index is 822. The number of carbonyl (C=O) groups excluding carboxylic acids is 1. The van der Waals surface area contributed by atoms with Crippen molar-refractivity contribution in [1.82, 2.24) is 19.8 Å². The van der Waals surface area contributed by atoms with E-state index in [9.17, 15) is 4.79 Å². The molecule has 1 aliphatic carbocycles. The molecule has 2 N–H and O–H groups in total. The van der Waals surface area contributed by atoms with E-state index < -0.39 is 0 Å². The Morgan fingerprint density at radius 3 is 2.75 bits per heavy atom. The number of methoxy groups -OCH3 is 1. The zero-order valence-corrected chi connectivity index (χ0v) is 17.4. The van der Waals surface area contributed by atoms with Crippen molar-refractivity contribution in [2.24, 2.45) is 0 Å². The summed E-state index contributed by atoms with van der Waals surface area (Å²) in [6, 6.07) is 5.74. The molecule has 1 saturated carbocycles. The van der Waals surface area contributed by atoms with E-state index in [1.807, 2.05) is 32.0 Å². The Morgan fingerprint density at radius 1 is 1.32 bits per heavy atom. The maximum atomic E-state index is 12.7. The van der Waals surface area contributed by atoms with Crippen LogP contribution in [0.4, 0.5) is 0 Å². The molecule has 9 heteroatoms. The Kier molecular flexibility index (Phi) is 6.66. The third kappa shape index (κ3) is 4.70. The minimum atomic E-state index is 0.0244. The van der Waals surface area contributed by atoms with Crippen LogP contribution in [0.2, 0.25) is 0 Å². The van der Waals surface area contributed by atoms with Crippen LogP contribution in [0.5, 0.6) is 11.5 Å². The minimum Gasteiger partial charge on any atom is -0.493 e. The van der Waals surface area contributed by atoms with Crippen molar-refractivity contribution in [1.29, 1.82) is 0 Å². The van der Waals surface area contributed by atoms with Crippen LogP contribution in [-0.2, 0) is 11.3 Å². The normalized spacial score (nSPS) is 13.4. The smallest absolute Gasteiger partial charge is 0.233 e. The van der Waals surface area contributed by atoms with Crippen molar-refractivity contribution in [3.8, 4) is 11.5 Å². The number of hydrogen-bond acceptors (Lipinski definition) is 7. The summed E-state index contributed by atoms with van der Waals surface area (Å²) in [6.07, 6.45) is 2.21. The van der Waals surface area contributed by atoms with Gasteiger partial charge in [0.15, 0.2) is 17.3 Å². The number of nitrogen functional groups attached to an aromatic ring is 1. The van der Waals surface area contributed by atoms with Gasteiger partial charge < -0.3 is 20.2 Å². The first-order valence-electron chi connectivity index (χ1n) is 9.48. The van der Waals surface area contributed by atoms with Crippen molar-refractivity contribution in [3.63, 3.8) is 0 Å². The quantitative estimate of drug-likeness (QED) is 0.479. The Labute approximate surface area is 169 Å². The molecule has 0 atom stereocenters. The first kappa shape index (κ1) is 20.3. The zero-order chi connectivity index (χ0) is 20.1. The van der Waals surface area contributed by atoms with Crippen LogP contribution in [0.1, 0.15) is 44.0 Å². The van der Waals surface area contributed by atoms with Crippen LogP contribution in [-0.4, -0.2) is 51.7 Å². The van der Waals surface area contributed by atoms with Gasteiger partial charge in [-0.1, -0.05) is 17.8 Å². The zero-order valence-electron chi connectivity index (χ0n) is 16.6. The molecular formula is C19H27N5O3S. The lowest BCUT2D eigenvalue weighted by Gasteiger charge is -2.21. The van der Waals surface area contributed by atoms with Crippen LogP contribution in [0.25, 0.3) is 0 Å². The second-order valence-corrected chi connectivity index (χ2v) is 7.54. The molecule has 3 rings (SSSR count). The Balaban J connectivity index is 1.60. The average Bonchev–Trinajstić information content (AvgIpc) is 3.48. The SMILES string of the molecule is CCOc1ccc(CN(CC)C(=O)CSc2nnc(C3CC3)n2N)cc1OC. The molecule has 0 saturated heterocycles. The lowest BCUT2D eigenvalue weighted by molar-refractivity contribution is -0.128. The summed E-state index contributed by atoms with van der Waals surface area (Å²) in [6.45, 7) is 5.57. The van der Waals surface area contributed by atoms with Gasteiger partial charge in [0, 0.05) is 19.0 Å². The lowest BCUT2D eigenvalue weighted by Crippen LogP contribution is -2.32. The fourth-order valence-electron chi connectivity index (χ4n) is 2.91. The van der Waals surface area contributed by atoms with Gasteiger partial charge in [0.25, 0.3) is 0 Å². The highest BCUT2D eigenvalue weighted by atomic mass is 32.2. The highest BCUT2D eigenvalue weighted by Gasteiger charge is 2.30. The molecule has 1 heterocycles. The van der Waals surface area contributed by atoms with Gasteiger partial charge in [0.2, 0.25) is 11.1 Å². The van der Waals surface area contributed by atoms with Crippen molar-refractivity contribution >= 4 is 17.7 Å². The summed E-state index contributed by atoms with van der Waals surface area (Å²) in [7, 11) is 1.61. The summed E-state index contributed by atoms with van der Waals surface area (Å²) in [4.78, 5) is 14.5. The van der Waals surface area contributed by atoms with Crippen molar-refractivity contribution in [2.75, 3.05) is 31.9 Å². The molecular weight excluding hydrogens is 378 g/mol. The molecule has 1 aliphatic rings. The van der Waals surface area contributed by atoms with Gasteiger partial charge in [-0.05, 0) is 44.4 Å². The van der Waals surface area contributed by atoms with Crippen molar-refractivity contribution < 1.29 is 14.3 Å². The molecule has 0 unspecified atom stereocenters. The highest BCUT2D eigenvalue weighted by molar-refractivity contribution is 7.99. The number of thioether (sulfide) groups is 1. The first-order chi connectivity index (χ1) is 13.6. The maximum absolute atomic E-state index is 12.7. The van der Waals surface area contributed by atoms with E-state index in [1.165, 1.54) is 16.4 Å². The van der Waals surface area contributed by atoms with Gasteiger partial charge in [-0.25, -0.2) is 4.68 Å². The molecule has 1 fully saturated rings. The molecule has 28 heavy (non-hydrogen) atoms. The van der Waals surface area contributed by atoms with Gasteiger partial charge in [-0.3, -0.25) is 4.79 Å². The topological polar surface area (TPSA) is 95.5 Å². The van der Waals surface area contributed by atoms with E-state index in [2.05, 4.69) is 10.2 Å². The average molecular weight is 406 g/mol. The third-order valence-electron chi connectivity index (χ3n) is 4.59. The number of carbonyl (C=O) groups is 1. The molecule has 2 aromatic rings. The number of nitrogens with zero attached hydrogens (tertiary/aromatic N) is 4. The molecule has 1 amide bonds. The monoisotopic (exact) mass is 405 g/mol. The fraction of sp³-hybridized carbons (Fsp3) is 0.526. The Morgan fingerprint density at radius 2 is 2.11 bits per heavy atom. The van der Waals surface area contributed by atoms with Gasteiger partial charge in [0.1, 0.15) is 0 Å². The fourth-order valence-corrected chi connectivity index (χ4v) is 3.67. The number of benzene rings is 1. The van der Waals surface area contributed by atoms with Crippen molar-refractivity contribution in [2.45, 2.75) is 44.3 Å². The van der Waals surface area contributed by atoms with Gasteiger partial charge in [-0.2, -0.15) is 0 Å². The molecule has 0 bridgehead atoms. The molecule has 1 aromatic heterocycles. The summed E-state index contributed by atoms with van der Waals surface area (Å²) in [5, 5.41) is 8.84. The number of ether oxygens (including phenoxy) is 2. The number of rotatable bonds is 10. The lowest BCUT2D eigenvalue weighted by atomic mass is 10.2. The first-order valence-corrected chi connectivity index (χ1v) is 10.5. The largest absolute Gasteiger partial charge is 0.493 e. The minimum absolute atomic E-state index is 0.0244. The van der Waals surface area contributed by atoms with E-state index in [1.54, 1.807) is 12.0 Å². The van der Waals surface area contributed by atoms with Gasteiger partial charge >= 0.3 is 0 Å². The van der Waals surface area contributed by atoms with Crippen LogP contribution in [0.3, 0.4) is 0 Å². The van der Waals surface area contributed by atoms with Crippen LogP contribution < -0.4 is 15.3 Å². The van der Waals surface area contributed by atoms with E-state index >= 15 is 0 Å². The van der Waals surface area contributed by atoms with E-state index in [-0.39, 0.29) is 11.7 Å². The molecule has 8 nitrogen and oxygen atoms in total. The second-order valence-electron chi connectivity index (χ2n) is 6.60. The summed E-state index contributed by atoms with van der Waals surface area (Å²) >= 11 is 1.32. The van der Waals surface area contributed by atoms with E-state index in [0.717, 1.165) is 24.2 Å². The number of nitrogens with two attached hydrogens (primary N) is 1. The van der Waals surface area contributed by atoms with E-state index in [4.69, 9.17) is 15.3 Å². The standard InChI is InChI=1S/C19H27N5O3S/c1-4-23(11-13-6-9-15(27-5-2)16(10-13)26-3)17(25)12-28-19-22-21-18(24(19)20)14-7-8-14/h6,9-10,14H,4-5,7-8,11-12,20H2,1-3H3. The van der Waals surface area contributed by atoms with Gasteiger partial charge in [0.05, 0.1) is 19.5 Å². The number of hydrogen-bond donors (Lipinski definition) is 1.